The van der Waals surface area contributed by atoms with Crippen molar-refractivity contribution in [3.63, 3.8) is 0 Å². The van der Waals surface area contributed by atoms with Crippen molar-refractivity contribution in [1.29, 1.82) is 0 Å². The molecule has 2 aromatic rings. The number of benzene rings is 2. The van der Waals surface area contributed by atoms with Crippen LogP contribution in [-0.4, -0.2) is 78.7 Å². The van der Waals surface area contributed by atoms with Gasteiger partial charge in [-0.3, -0.25) is 4.79 Å². The van der Waals surface area contributed by atoms with Crippen molar-refractivity contribution in [3.05, 3.63) is 64.7 Å². The van der Waals surface area contributed by atoms with Crippen LogP contribution < -0.4 is 5.73 Å². The van der Waals surface area contributed by atoms with E-state index in [1.807, 2.05) is 0 Å². The highest BCUT2D eigenvalue weighted by Gasteiger charge is 2.33. The molecule has 2 rings (SSSR count). The van der Waals surface area contributed by atoms with Crippen LogP contribution >= 0.6 is 11.6 Å². The van der Waals surface area contributed by atoms with Gasteiger partial charge < -0.3 is 20.7 Å². The topological polar surface area (TPSA) is 150 Å². The van der Waals surface area contributed by atoms with Gasteiger partial charge in [0.2, 0.25) is 15.9 Å². The lowest BCUT2D eigenvalue weighted by molar-refractivity contribution is -0.132. The Kier molecular flexibility index (Phi) is 12.1. The largest absolute Gasteiger partial charge is 0.452 e. The zero-order chi connectivity index (χ0) is 28.5. The molecule has 4 N–H and O–H groups in total. The normalized spacial score (nSPS) is 14.1. The van der Waals surface area contributed by atoms with Crippen molar-refractivity contribution >= 4 is 33.6 Å². The second-order valence-electron chi connectivity index (χ2n) is 9.02. The molecule has 38 heavy (non-hydrogen) atoms. The average molecular weight is 570 g/mol. The molecule has 12 heteroatoms. The van der Waals surface area contributed by atoms with Gasteiger partial charge in [-0.1, -0.05) is 41.9 Å². The maximum absolute atomic E-state index is 13.1. The number of carbonyl (C=O) groups is 2. The van der Waals surface area contributed by atoms with Gasteiger partial charge in [0, 0.05) is 24.2 Å². The van der Waals surface area contributed by atoms with E-state index in [-0.39, 0.29) is 24.3 Å². The minimum absolute atomic E-state index is 0.0407. The van der Waals surface area contributed by atoms with E-state index in [4.69, 9.17) is 22.1 Å². The van der Waals surface area contributed by atoms with Crippen LogP contribution in [-0.2, 0) is 32.6 Å². The molecule has 0 aliphatic carbocycles. The molecule has 0 saturated carbocycles. The first kappa shape index (κ1) is 31.7. The van der Waals surface area contributed by atoms with Gasteiger partial charge in [-0.25, -0.2) is 18.1 Å². The van der Waals surface area contributed by atoms with Gasteiger partial charge in [0.15, 0.2) is 0 Å². The number of aliphatic hydroxyl groups excluding tert-OH is 2. The number of hydrogen-bond donors (Lipinski definition) is 3. The third-order valence-corrected chi connectivity index (χ3v) is 8.72. The lowest BCUT2D eigenvalue weighted by Gasteiger charge is -2.30. The van der Waals surface area contributed by atoms with Gasteiger partial charge in [0.05, 0.1) is 31.3 Å². The molecular weight excluding hydrogens is 534 g/mol. The molecule has 0 aromatic heterocycles. The summed E-state index contributed by atoms with van der Waals surface area (Å²) in [5, 5.41) is 19.6. The monoisotopic (exact) mass is 569 g/mol. The van der Waals surface area contributed by atoms with E-state index in [0.717, 1.165) is 9.21 Å². The summed E-state index contributed by atoms with van der Waals surface area (Å²) < 4.78 is 32.0. The van der Waals surface area contributed by atoms with Gasteiger partial charge in [-0.15, -0.1) is 0 Å². The van der Waals surface area contributed by atoms with Gasteiger partial charge in [0.1, 0.15) is 0 Å². The third kappa shape index (κ3) is 7.98. The van der Waals surface area contributed by atoms with E-state index < -0.39 is 46.8 Å². The molecule has 0 heterocycles. The van der Waals surface area contributed by atoms with Crippen molar-refractivity contribution in [2.24, 2.45) is 5.73 Å². The first-order chi connectivity index (χ1) is 18.0. The van der Waals surface area contributed by atoms with Gasteiger partial charge in [-0.05, 0) is 61.9 Å². The van der Waals surface area contributed by atoms with Crippen LogP contribution in [0, 0.1) is 0 Å². The molecule has 3 atom stereocenters. The lowest BCUT2D eigenvalue weighted by Crippen LogP contribution is -2.51. The summed E-state index contributed by atoms with van der Waals surface area (Å²) in [4.78, 5) is 26.6. The quantitative estimate of drug-likeness (QED) is 0.333. The Balaban J connectivity index is 2.05. The number of hydrogen-bond acceptors (Lipinski definition) is 8. The van der Waals surface area contributed by atoms with Crippen molar-refractivity contribution in [1.82, 2.24) is 9.21 Å². The van der Waals surface area contributed by atoms with Gasteiger partial charge >= 0.3 is 6.09 Å². The number of nitrogens with zero attached hydrogens (tertiary/aromatic N) is 2. The van der Waals surface area contributed by atoms with Crippen LogP contribution in [0.2, 0.25) is 5.02 Å². The number of imide groups is 1. The lowest BCUT2D eigenvalue weighted by atomic mass is 10.0. The number of nitrogens with two attached hydrogens (primary N) is 1. The number of carbonyl (C=O) groups excluding carboxylic acids is 2. The first-order valence-electron chi connectivity index (χ1n) is 12.2. The average Bonchev–Trinajstić information content (AvgIpc) is 2.91. The number of amides is 2. The predicted octanol–water partition coefficient (Wildman–Crippen LogP) is 2.54. The zero-order valence-corrected chi connectivity index (χ0v) is 23.4. The molecular formula is C26H36ClN3O7S. The van der Waals surface area contributed by atoms with Crippen molar-refractivity contribution in [3.8, 4) is 0 Å². The highest BCUT2D eigenvalue weighted by atomic mass is 35.5. The van der Waals surface area contributed by atoms with E-state index in [1.54, 1.807) is 31.2 Å². The Morgan fingerprint density at radius 2 is 1.71 bits per heavy atom. The van der Waals surface area contributed by atoms with E-state index in [9.17, 15) is 28.2 Å². The molecule has 0 aliphatic rings. The summed E-state index contributed by atoms with van der Waals surface area (Å²) >= 11 is 6.18. The van der Waals surface area contributed by atoms with E-state index >= 15 is 0 Å². The molecule has 0 aliphatic heterocycles. The summed E-state index contributed by atoms with van der Waals surface area (Å²) in [6.45, 7) is 1.05. The second-order valence-corrected chi connectivity index (χ2v) is 11.4. The maximum atomic E-state index is 13.1. The number of sulfonamides is 1. The summed E-state index contributed by atoms with van der Waals surface area (Å²) in [6, 6.07) is 10.5. The van der Waals surface area contributed by atoms with Gasteiger partial charge in [0.25, 0.3) is 0 Å². The van der Waals surface area contributed by atoms with Crippen LogP contribution in [0.25, 0.3) is 0 Å². The summed E-state index contributed by atoms with van der Waals surface area (Å²) in [5.41, 5.74) is 7.38. The number of halogens is 1. The fraction of sp³-hybridized carbons (Fsp3) is 0.462. The highest BCUT2D eigenvalue weighted by molar-refractivity contribution is 7.89. The minimum atomic E-state index is -3.89. The Morgan fingerprint density at radius 1 is 1.08 bits per heavy atom. The zero-order valence-electron chi connectivity index (χ0n) is 21.8. The Bertz CT molecular complexity index is 1180. The SMILES string of the molecule is COC(=O)N(C(=O)[C@@H](N)Cc1ccccc1Cl)[C@@H](C)CCC[C@@H](CO)N(C)S(=O)(=O)c1ccc(CO)cc1. The van der Waals surface area contributed by atoms with Crippen LogP contribution in [0.5, 0.6) is 0 Å². The van der Waals surface area contributed by atoms with Gasteiger partial charge in [-0.2, -0.15) is 4.31 Å². The van der Waals surface area contributed by atoms with E-state index in [2.05, 4.69) is 0 Å². The number of ether oxygens (including phenoxy) is 1. The Labute approximate surface area is 229 Å². The fourth-order valence-electron chi connectivity index (χ4n) is 4.05. The predicted molar refractivity (Wildman–Crippen MR) is 144 cm³/mol. The van der Waals surface area contributed by atoms with Crippen LogP contribution in [0.3, 0.4) is 0 Å². The van der Waals surface area contributed by atoms with Crippen LogP contribution in [0.4, 0.5) is 4.79 Å². The number of aliphatic hydroxyl groups is 2. The third-order valence-electron chi connectivity index (χ3n) is 6.43. The number of methoxy groups -OCH3 is 1. The molecule has 2 amide bonds. The summed E-state index contributed by atoms with van der Waals surface area (Å²) in [5.74, 6) is -0.617. The summed E-state index contributed by atoms with van der Waals surface area (Å²) in [6.07, 6.45) is 0.292. The molecule has 0 radical (unpaired) electrons. The smallest absolute Gasteiger partial charge is 0.416 e. The second kappa shape index (κ2) is 14.6. The molecule has 210 valence electrons. The molecule has 0 spiro atoms. The molecule has 0 saturated heterocycles. The van der Waals surface area contributed by atoms with Crippen LogP contribution in [0.15, 0.2) is 53.4 Å². The van der Waals surface area contributed by atoms with Crippen molar-refractivity contribution < 1.29 is 33.0 Å². The van der Waals surface area contributed by atoms with Crippen LogP contribution in [0.1, 0.15) is 37.3 Å². The molecule has 0 unspecified atom stereocenters. The first-order valence-corrected chi connectivity index (χ1v) is 14.0. The standard InChI is InChI=1S/C26H36ClN3O7S/c1-18(30(26(34)37-3)25(33)24(28)15-20-8-4-5-10-23(20)27)7-6-9-21(17-32)29(2)38(35,36)22-13-11-19(16-31)12-14-22/h4-5,8,10-14,18,21,24,31-32H,6-7,9,15-17,28H2,1-3H3/t18-,21-,24-/m0/s1. The molecule has 0 fully saturated rings. The molecule has 2 aromatic carbocycles. The minimum Gasteiger partial charge on any atom is -0.452 e. The fourth-order valence-corrected chi connectivity index (χ4v) is 5.64. The van der Waals surface area contributed by atoms with Crippen molar-refractivity contribution in [2.45, 2.75) is 62.2 Å². The Hall–Kier alpha value is -2.54. The Morgan fingerprint density at radius 3 is 2.26 bits per heavy atom. The number of rotatable bonds is 13. The highest BCUT2D eigenvalue weighted by Crippen LogP contribution is 2.22. The summed E-state index contributed by atoms with van der Waals surface area (Å²) in [7, 11) is -1.34. The number of likely N-dealkylation sites (N-methyl/N-ethyl adjacent to an activating group) is 1. The van der Waals surface area contributed by atoms with E-state index in [1.165, 1.54) is 38.4 Å². The van der Waals surface area contributed by atoms with E-state index in [0.29, 0.717) is 29.0 Å². The van der Waals surface area contributed by atoms with Crippen molar-refractivity contribution in [2.75, 3.05) is 20.8 Å². The molecule has 0 bridgehead atoms. The maximum Gasteiger partial charge on any atom is 0.416 e. The molecule has 10 nitrogen and oxygen atoms in total.